The minimum absolute atomic E-state index is 0.0943. The van der Waals surface area contributed by atoms with E-state index in [0.29, 0.717) is 28.6 Å². The summed E-state index contributed by atoms with van der Waals surface area (Å²) in [6, 6.07) is 18.2. The van der Waals surface area contributed by atoms with Crippen molar-refractivity contribution in [2.45, 2.75) is 19.9 Å². The fraction of sp³-hybridized carbons (Fsp3) is 0.190. The molecule has 0 aliphatic carbocycles. The Kier molecular flexibility index (Phi) is 5.66. The number of rotatable bonds is 6. The van der Waals surface area contributed by atoms with Crippen molar-refractivity contribution in [1.82, 2.24) is 15.5 Å². The Bertz CT molecular complexity index is 907. The molecule has 0 aliphatic rings. The van der Waals surface area contributed by atoms with Crippen molar-refractivity contribution in [1.29, 1.82) is 0 Å². The molecule has 1 heterocycles. The minimum Gasteiger partial charge on any atom is -0.493 e. The summed E-state index contributed by atoms with van der Waals surface area (Å²) in [6.07, 6.45) is 0. The van der Waals surface area contributed by atoms with Gasteiger partial charge in [0.1, 0.15) is 0 Å². The number of nitrogens with zero attached hydrogens (tertiary/aromatic N) is 2. The second kappa shape index (κ2) is 8.31. The van der Waals surface area contributed by atoms with Crippen LogP contribution in [0.1, 0.15) is 24.2 Å². The summed E-state index contributed by atoms with van der Waals surface area (Å²) in [5.74, 6) is 1.47. The molecule has 0 radical (unpaired) electrons. The third-order valence-corrected chi connectivity index (χ3v) is 3.79. The summed E-state index contributed by atoms with van der Waals surface area (Å²) >= 11 is 0. The predicted octanol–water partition coefficient (Wildman–Crippen LogP) is 4.08. The second-order valence-corrected chi connectivity index (χ2v) is 6.22. The molecule has 3 rings (SSSR count). The molecule has 0 saturated heterocycles. The fourth-order valence-corrected chi connectivity index (χ4v) is 2.48. The van der Waals surface area contributed by atoms with Gasteiger partial charge in [0.25, 0.3) is 5.91 Å². The van der Waals surface area contributed by atoms with Crippen LogP contribution in [0.3, 0.4) is 0 Å². The lowest BCUT2D eigenvalue weighted by molar-refractivity contribution is 0.0943. The van der Waals surface area contributed by atoms with Crippen LogP contribution in [0.25, 0.3) is 11.3 Å². The number of carbonyl (C=O) groups is 1. The van der Waals surface area contributed by atoms with Gasteiger partial charge in [0, 0.05) is 23.2 Å². The molecule has 1 N–H and O–H groups in total. The van der Waals surface area contributed by atoms with Crippen molar-refractivity contribution in [3.63, 3.8) is 0 Å². The van der Waals surface area contributed by atoms with Gasteiger partial charge in [-0.15, -0.1) is 10.2 Å². The lowest BCUT2D eigenvalue weighted by Crippen LogP contribution is -2.29. The minimum atomic E-state index is -0.0943. The molecular formula is C21H21N3O3. The quantitative estimate of drug-likeness (QED) is 0.714. The number of amides is 1. The largest absolute Gasteiger partial charge is 0.493 e. The molecule has 2 aromatic carbocycles. The summed E-state index contributed by atoms with van der Waals surface area (Å²) in [4.78, 5) is 12.0. The number of benzene rings is 2. The first-order valence-corrected chi connectivity index (χ1v) is 8.62. The SMILES string of the molecule is COc1ccccc1Oc1ccc(-c2ccc(C(=O)NC(C)C)cc2)nn1. The van der Waals surface area contributed by atoms with Crippen molar-refractivity contribution in [3.8, 4) is 28.6 Å². The van der Waals surface area contributed by atoms with E-state index < -0.39 is 0 Å². The highest BCUT2D eigenvalue weighted by atomic mass is 16.5. The Hall–Kier alpha value is -3.41. The molecular weight excluding hydrogens is 342 g/mol. The Balaban J connectivity index is 1.72. The van der Waals surface area contributed by atoms with Crippen LogP contribution in [0.2, 0.25) is 0 Å². The molecule has 27 heavy (non-hydrogen) atoms. The second-order valence-electron chi connectivity index (χ2n) is 6.22. The maximum absolute atomic E-state index is 12.0. The van der Waals surface area contributed by atoms with Crippen molar-refractivity contribution >= 4 is 5.91 Å². The molecule has 0 aliphatic heterocycles. The maximum atomic E-state index is 12.0. The molecule has 1 amide bonds. The first kappa shape index (κ1) is 18.4. The third-order valence-electron chi connectivity index (χ3n) is 3.79. The molecule has 0 spiro atoms. The lowest BCUT2D eigenvalue weighted by atomic mass is 10.1. The highest BCUT2D eigenvalue weighted by Gasteiger charge is 2.09. The van der Waals surface area contributed by atoms with Crippen LogP contribution in [0.15, 0.2) is 60.7 Å². The normalized spacial score (nSPS) is 10.5. The molecule has 0 unspecified atom stereocenters. The van der Waals surface area contributed by atoms with Crippen LogP contribution < -0.4 is 14.8 Å². The van der Waals surface area contributed by atoms with Gasteiger partial charge in [-0.1, -0.05) is 24.3 Å². The summed E-state index contributed by atoms with van der Waals surface area (Å²) in [5, 5.41) is 11.2. The van der Waals surface area contributed by atoms with E-state index in [9.17, 15) is 4.79 Å². The predicted molar refractivity (Wildman–Crippen MR) is 103 cm³/mol. The Morgan fingerprint density at radius 2 is 1.63 bits per heavy atom. The van der Waals surface area contributed by atoms with Gasteiger partial charge in [-0.25, -0.2) is 0 Å². The zero-order valence-electron chi connectivity index (χ0n) is 15.5. The van der Waals surface area contributed by atoms with Crippen LogP contribution >= 0.6 is 0 Å². The average molecular weight is 363 g/mol. The number of nitrogens with one attached hydrogen (secondary N) is 1. The van der Waals surface area contributed by atoms with Gasteiger partial charge in [-0.05, 0) is 44.2 Å². The number of ether oxygens (including phenoxy) is 2. The zero-order chi connectivity index (χ0) is 19.2. The van der Waals surface area contributed by atoms with Gasteiger partial charge in [0.15, 0.2) is 11.5 Å². The van der Waals surface area contributed by atoms with Crippen LogP contribution in [-0.2, 0) is 0 Å². The van der Waals surface area contributed by atoms with Crippen LogP contribution in [0.4, 0.5) is 0 Å². The zero-order valence-corrected chi connectivity index (χ0v) is 15.5. The van der Waals surface area contributed by atoms with E-state index in [4.69, 9.17) is 9.47 Å². The first-order valence-electron chi connectivity index (χ1n) is 8.62. The number of carbonyl (C=O) groups excluding carboxylic acids is 1. The Morgan fingerprint density at radius 3 is 2.22 bits per heavy atom. The standard InChI is InChI=1S/C21H21N3O3/c1-14(2)22-21(25)16-10-8-15(9-11-16)17-12-13-20(24-23-17)27-19-7-5-4-6-18(19)26-3/h4-14H,1-3H3,(H,22,25). The molecule has 3 aromatic rings. The summed E-state index contributed by atoms with van der Waals surface area (Å²) < 4.78 is 11.0. The average Bonchev–Trinajstić information content (AvgIpc) is 2.68. The number of methoxy groups -OCH3 is 1. The van der Waals surface area contributed by atoms with Gasteiger partial charge in [0.05, 0.1) is 12.8 Å². The van der Waals surface area contributed by atoms with Crippen LogP contribution in [0.5, 0.6) is 17.4 Å². The number of hydrogen-bond acceptors (Lipinski definition) is 5. The van der Waals surface area contributed by atoms with Crippen LogP contribution in [0, 0.1) is 0 Å². The summed E-state index contributed by atoms with van der Waals surface area (Å²) in [7, 11) is 1.59. The molecule has 6 heteroatoms. The summed E-state index contributed by atoms with van der Waals surface area (Å²) in [5.41, 5.74) is 2.17. The monoisotopic (exact) mass is 363 g/mol. The van der Waals surface area contributed by atoms with Gasteiger partial charge in [-0.2, -0.15) is 0 Å². The number of para-hydroxylation sites is 2. The molecule has 0 bridgehead atoms. The van der Waals surface area contributed by atoms with Crippen molar-refractivity contribution in [2.24, 2.45) is 0 Å². The van der Waals surface area contributed by atoms with E-state index >= 15 is 0 Å². The molecule has 138 valence electrons. The van der Waals surface area contributed by atoms with Crippen molar-refractivity contribution in [3.05, 3.63) is 66.2 Å². The smallest absolute Gasteiger partial charge is 0.251 e. The van der Waals surface area contributed by atoms with E-state index in [1.165, 1.54) is 0 Å². The number of hydrogen-bond donors (Lipinski definition) is 1. The number of aromatic nitrogens is 2. The van der Waals surface area contributed by atoms with Gasteiger partial charge in [-0.3, -0.25) is 4.79 Å². The topological polar surface area (TPSA) is 73.3 Å². The van der Waals surface area contributed by atoms with E-state index in [-0.39, 0.29) is 11.9 Å². The highest BCUT2D eigenvalue weighted by molar-refractivity contribution is 5.94. The summed E-state index contributed by atoms with van der Waals surface area (Å²) in [6.45, 7) is 3.85. The van der Waals surface area contributed by atoms with E-state index in [1.807, 2.05) is 50.2 Å². The third kappa shape index (κ3) is 4.61. The van der Waals surface area contributed by atoms with Crippen molar-refractivity contribution in [2.75, 3.05) is 7.11 Å². The Labute approximate surface area is 158 Å². The van der Waals surface area contributed by atoms with Gasteiger partial charge < -0.3 is 14.8 Å². The molecule has 6 nitrogen and oxygen atoms in total. The van der Waals surface area contributed by atoms with Gasteiger partial charge >= 0.3 is 0 Å². The molecule has 0 atom stereocenters. The first-order chi connectivity index (χ1) is 13.1. The van der Waals surface area contributed by atoms with Crippen molar-refractivity contribution < 1.29 is 14.3 Å². The lowest BCUT2D eigenvalue weighted by Gasteiger charge is -2.09. The highest BCUT2D eigenvalue weighted by Crippen LogP contribution is 2.30. The molecule has 1 aromatic heterocycles. The molecule has 0 fully saturated rings. The maximum Gasteiger partial charge on any atom is 0.251 e. The van der Waals surface area contributed by atoms with Crippen LogP contribution in [-0.4, -0.2) is 29.3 Å². The van der Waals surface area contributed by atoms with Gasteiger partial charge in [0.2, 0.25) is 5.88 Å². The van der Waals surface area contributed by atoms with E-state index in [1.54, 1.807) is 31.4 Å². The van der Waals surface area contributed by atoms with E-state index in [2.05, 4.69) is 15.5 Å². The fourth-order valence-electron chi connectivity index (χ4n) is 2.48. The Morgan fingerprint density at radius 1 is 0.926 bits per heavy atom. The van der Waals surface area contributed by atoms with E-state index in [0.717, 1.165) is 5.56 Å². The molecule has 0 saturated carbocycles.